The van der Waals surface area contributed by atoms with Crippen molar-refractivity contribution in [3.63, 3.8) is 0 Å². The highest BCUT2D eigenvalue weighted by atomic mass is 16.6. The Morgan fingerprint density at radius 3 is 2.29 bits per heavy atom. The van der Waals surface area contributed by atoms with Gasteiger partial charge in [-0.25, -0.2) is 0 Å². The molecule has 0 rings (SSSR count). The lowest BCUT2D eigenvalue weighted by atomic mass is 9.89. The average Bonchev–Trinajstić information content (AvgIpc) is 2.20. The highest BCUT2D eigenvalue weighted by molar-refractivity contribution is 5.73. The number of esters is 1. The molecule has 0 amide bonds. The Morgan fingerprint density at radius 1 is 1.29 bits per heavy atom. The van der Waals surface area contributed by atoms with Crippen LogP contribution in [0, 0.1) is 11.8 Å². The van der Waals surface area contributed by atoms with Gasteiger partial charge in [-0.2, -0.15) is 0 Å². The summed E-state index contributed by atoms with van der Waals surface area (Å²) in [5.41, 5.74) is 5.26. The summed E-state index contributed by atoms with van der Waals surface area (Å²) < 4.78 is 5.46. The van der Waals surface area contributed by atoms with Gasteiger partial charge in [-0.15, -0.1) is 0 Å². The van der Waals surface area contributed by atoms with E-state index >= 15 is 0 Å². The highest BCUT2D eigenvalue weighted by Crippen LogP contribution is 2.22. The maximum Gasteiger partial charge on any atom is 0.309 e. The zero-order valence-electron chi connectivity index (χ0n) is 12.1. The van der Waals surface area contributed by atoms with E-state index in [9.17, 15) is 4.79 Å². The second-order valence-electron chi connectivity index (χ2n) is 5.85. The topological polar surface area (TPSA) is 52.3 Å². The molecule has 3 heteroatoms. The molecule has 0 heterocycles. The third-order valence-electron chi connectivity index (χ3n) is 2.89. The minimum Gasteiger partial charge on any atom is -0.460 e. The molecule has 2 N–H and O–H groups in total. The maximum atomic E-state index is 12.1. The van der Waals surface area contributed by atoms with Crippen molar-refractivity contribution in [2.75, 3.05) is 6.54 Å². The highest BCUT2D eigenvalue weighted by Gasteiger charge is 2.28. The molecular formula is C14H29NO2. The predicted octanol–water partition coefficient (Wildman–Crippen LogP) is 3.12. The third-order valence-corrected chi connectivity index (χ3v) is 2.89. The van der Waals surface area contributed by atoms with Crippen LogP contribution in [0.2, 0.25) is 0 Å². The first-order valence-corrected chi connectivity index (χ1v) is 6.74. The Kier molecular flexibility index (Phi) is 7.44. The van der Waals surface area contributed by atoms with Gasteiger partial charge in [0.25, 0.3) is 0 Å². The Bertz CT molecular complexity index is 221. The Balaban J connectivity index is 4.40. The van der Waals surface area contributed by atoms with Crippen LogP contribution in [0.5, 0.6) is 0 Å². The number of rotatable bonds is 7. The van der Waals surface area contributed by atoms with Crippen molar-refractivity contribution in [3.8, 4) is 0 Å². The molecule has 0 saturated heterocycles. The summed E-state index contributed by atoms with van der Waals surface area (Å²) in [5.74, 6) is 0.0547. The average molecular weight is 243 g/mol. The lowest BCUT2D eigenvalue weighted by molar-refractivity contribution is -0.162. The number of carbonyl (C=O) groups is 1. The van der Waals surface area contributed by atoms with E-state index in [1.165, 1.54) is 0 Å². The fourth-order valence-electron chi connectivity index (χ4n) is 1.79. The summed E-state index contributed by atoms with van der Waals surface area (Å²) >= 11 is 0. The lowest BCUT2D eigenvalue weighted by Crippen LogP contribution is -2.34. The van der Waals surface area contributed by atoms with Gasteiger partial charge >= 0.3 is 5.97 Å². The fourth-order valence-corrected chi connectivity index (χ4v) is 1.79. The molecule has 0 aromatic heterocycles. The minimum absolute atomic E-state index is 0.0502. The summed E-state index contributed by atoms with van der Waals surface area (Å²) in [6.45, 7) is 10.4. The molecule has 0 spiro atoms. The number of carbonyl (C=O) groups excluding carboxylic acids is 1. The monoisotopic (exact) mass is 243 g/mol. The van der Waals surface area contributed by atoms with E-state index in [0.717, 1.165) is 25.7 Å². The SMILES string of the molecule is CCCCCC(C(=O)OC(C)(C)C)[C@@H](C)CN. The zero-order valence-corrected chi connectivity index (χ0v) is 12.1. The van der Waals surface area contributed by atoms with Gasteiger partial charge in [0.2, 0.25) is 0 Å². The van der Waals surface area contributed by atoms with E-state index in [1.54, 1.807) is 0 Å². The Labute approximate surface area is 106 Å². The molecule has 0 aromatic rings. The Hall–Kier alpha value is -0.570. The second kappa shape index (κ2) is 7.70. The van der Waals surface area contributed by atoms with E-state index in [1.807, 2.05) is 27.7 Å². The van der Waals surface area contributed by atoms with Crippen LogP contribution < -0.4 is 5.73 Å². The fraction of sp³-hybridized carbons (Fsp3) is 0.929. The first-order valence-electron chi connectivity index (χ1n) is 6.74. The van der Waals surface area contributed by atoms with Crippen molar-refractivity contribution >= 4 is 5.97 Å². The molecule has 0 radical (unpaired) electrons. The number of hydrogen-bond acceptors (Lipinski definition) is 3. The third kappa shape index (κ3) is 7.37. The largest absolute Gasteiger partial charge is 0.460 e. The molecule has 0 aromatic carbocycles. The quantitative estimate of drug-likeness (QED) is 0.552. The van der Waals surface area contributed by atoms with Crippen LogP contribution in [0.15, 0.2) is 0 Å². The molecule has 0 saturated carbocycles. The van der Waals surface area contributed by atoms with Gasteiger partial charge in [0, 0.05) is 0 Å². The molecule has 0 aliphatic heterocycles. The van der Waals surface area contributed by atoms with Crippen molar-refractivity contribution < 1.29 is 9.53 Å². The van der Waals surface area contributed by atoms with Crippen LogP contribution in [0.25, 0.3) is 0 Å². The molecule has 3 nitrogen and oxygen atoms in total. The predicted molar refractivity (Wildman–Crippen MR) is 71.7 cm³/mol. The summed E-state index contributed by atoms with van der Waals surface area (Å²) in [4.78, 5) is 12.1. The molecule has 0 aliphatic rings. The minimum atomic E-state index is -0.408. The molecular weight excluding hydrogens is 214 g/mol. The van der Waals surface area contributed by atoms with Crippen molar-refractivity contribution in [1.82, 2.24) is 0 Å². The van der Waals surface area contributed by atoms with Crippen molar-refractivity contribution in [2.24, 2.45) is 17.6 Å². The van der Waals surface area contributed by atoms with Crippen LogP contribution in [0.1, 0.15) is 60.3 Å². The normalized spacial score (nSPS) is 15.4. The van der Waals surface area contributed by atoms with Crippen LogP contribution in [0.4, 0.5) is 0 Å². The van der Waals surface area contributed by atoms with Crippen molar-refractivity contribution in [2.45, 2.75) is 65.9 Å². The summed E-state index contributed by atoms with van der Waals surface area (Å²) in [7, 11) is 0. The van der Waals surface area contributed by atoms with E-state index in [-0.39, 0.29) is 17.8 Å². The van der Waals surface area contributed by atoms with Crippen LogP contribution in [0.3, 0.4) is 0 Å². The number of ether oxygens (including phenoxy) is 1. The summed E-state index contributed by atoms with van der Waals surface area (Å²) in [6, 6.07) is 0. The molecule has 102 valence electrons. The van der Waals surface area contributed by atoms with E-state index in [2.05, 4.69) is 6.92 Å². The molecule has 0 bridgehead atoms. The number of hydrogen-bond donors (Lipinski definition) is 1. The molecule has 0 aliphatic carbocycles. The van der Waals surface area contributed by atoms with E-state index in [4.69, 9.17) is 10.5 Å². The smallest absolute Gasteiger partial charge is 0.309 e. The number of unbranched alkanes of at least 4 members (excludes halogenated alkanes) is 2. The standard InChI is InChI=1S/C14H29NO2/c1-6-7-8-9-12(11(2)10-15)13(16)17-14(3,4)5/h11-12H,6-10,15H2,1-5H3/t11-,12?/m0/s1. The maximum absolute atomic E-state index is 12.1. The van der Waals surface area contributed by atoms with Gasteiger partial charge < -0.3 is 10.5 Å². The Morgan fingerprint density at radius 2 is 1.88 bits per heavy atom. The van der Waals surface area contributed by atoms with Crippen LogP contribution in [-0.2, 0) is 9.53 Å². The molecule has 1 unspecified atom stereocenters. The summed E-state index contributed by atoms with van der Waals surface area (Å²) in [5, 5.41) is 0. The first-order chi connectivity index (χ1) is 7.81. The van der Waals surface area contributed by atoms with Gasteiger partial charge in [-0.3, -0.25) is 4.79 Å². The van der Waals surface area contributed by atoms with Gasteiger partial charge in [0.05, 0.1) is 5.92 Å². The number of nitrogens with two attached hydrogens (primary N) is 1. The van der Waals surface area contributed by atoms with Gasteiger partial charge in [-0.05, 0) is 39.7 Å². The van der Waals surface area contributed by atoms with Gasteiger partial charge in [0.1, 0.15) is 5.60 Å². The van der Waals surface area contributed by atoms with Crippen LogP contribution in [-0.4, -0.2) is 18.1 Å². The summed E-state index contributed by atoms with van der Waals surface area (Å²) in [6.07, 6.45) is 4.29. The molecule has 17 heavy (non-hydrogen) atoms. The molecule has 2 atom stereocenters. The first kappa shape index (κ1) is 16.4. The lowest BCUT2D eigenvalue weighted by Gasteiger charge is -2.26. The van der Waals surface area contributed by atoms with E-state index in [0.29, 0.717) is 6.54 Å². The molecule has 0 fully saturated rings. The van der Waals surface area contributed by atoms with Crippen molar-refractivity contribution in [1.29, 1.82) is 0 Å². The second-order valence-corrected chi connectivity index (χ2v) is 5.85. The zero-order chi connectivity index (χ0) is 13.5. The van der Waals surface area contributed by atoms with Gasteiger partial charge in [0.15, 0.2) is 0 Å². The van der Waals surface area contributed by atoms with E-state index < -0.39 is 5.60 Å². The van der Waals surface area contributed by atoms with Gasteiger partial charge in [-0.1, -0.05) is 33.1 Å². The van der Waals surface area contributed by atoms with Crippen LogP contribution >= 0.6 is 0 Å². The van der Waals surface area contributed by atoms with Crippen molar-refractivity contribution in [3.05, 3.63) is 0 Å².